The Bertz CT molecular complexity index is 265. The van der Waals surface area contributed by atoms with E-state index in [2.05, 4.69) is 25.4 Å². The highest BCUT2D eigenvalue weighted by molar-refractivity contribution is 9.09. The molecule has 0 fully saturated rings. The van der Waals surface area contributed by atoms with Gasteiger partial charge in [-0.15, -0.1) is 0 Å². The number of methoxy groups -OCH3 is 1. The van der Waals surface area contributed by atoms with E-state index in [1.807, 2.05) is 0 Å². The Labute approximate surface area is 92.4 Å². The largest absolute Gasteiger partial charge is 0.469 e. The van der Waals surface area contributed by atoms with E-state index in [9.17, 15) is 13.2 Å². The highest BCUT2D eigenvalue weighted by Gasteiger charge is 2.12. The maximum Gasteiger partial charge on any atom is 0.306 e. The van der Waals surface area contributed by atoms with E-state index in [4.69, 9.17) is 0 Å². The minimum absolute atomic E-state index is 0.111. The Hall–Kier alpha value is -0.140. The van der Waals surface area contributed by atoms with Crippen molar-refractivity contribution in [1.29, 1.82) is 0 Å². The van der Waals surface area contributed by atoms with Crippen LogP contribution >= 0.6 is 15.9 Å². The van der Waals surface area contributed by atoms with E-state index in [0.29, 0.717) is 6.54 Å². The fraction of sp³-hybridized carbons (Fsp3) is 0.857. The monoisotopic (exact) mass is 287 g/mol. The van der Waals surface area contributed by atoms with Crippen LogP contribution in [0.2, 0.25) is 0 Å². The van der Waals surface area contributed by atoms with E-state index in [1.54, 1.807) is 0 Å². The van der Waals surface area contributed by atoms with Crippen molar-refractivity contribution in [2.24, 2.45) is 0 Å². The second-order valence-electron chi connectivity index (χ2n) is 2.58. The first-order chi connectivity index (χ1) is 6.52. The summed E-state index contributed by atoms with van der Waals surface area (Å²) in [5.41, 5.74) is 0. The number of rotatable bonds is 7. The van der Waals surface area contributed by atoms with Crippen LogP contribution < -0.4 is 4.72 Å². The topological polar surface area (TPSA) is 72.5 Å². The molecule has 0 radical (unpaired) electrons. The lowest BCUT2D eigenvalue weighted by Crippen LogP contribution is -2.28. The highest BCUT2D eigenvalue weighted by atomic mass is 79.9. The molecule has 7 heteroatoms. The highest BCUT2D eigenvalue weighted by Crippen LogP contribution is 1.93. The Balaban J connectivity index is 3.78. The maximum atomic E-state index is 11.2. The number of hydrogen-bond donors (Lipinski definition) is 1. The van der Waals surface area contributed by atoms with Crippen molar-refractivity contribution < 1.29 is 17.9 Å². The summed E-state index contributed by atoms with van der Waals surface area (Å²) >= 11 is 3.18. The van der Waals surface area contributed by atoms with Gasteiger partial charge < -0.3 is 4.74 Å². The van der Waals surface area contributed by atoms with Gasteiger partial charge in [0.05, 0.1) is 19.3 Å². The number of halogens is 1. The van der Waals surface area contributed by atoms with Gasteiger partial charge in [0.15, 0.2) is 0 Å². The average Bonchev–Trinajstić information content (AvgIpc) is 2.14. The molecule has 0 spiro atoms. The van der Waals surface area contributed by atoms with E-state index < -0.39 is 16.0 Å². The third-order valence-corrected chi connectivity index (χ3v) is 3.38. The first-order valence-corrected chi connectivity index (χ1v) is 6.89. The summed E-state index contributed by atoms with van der Waals surface area (Å²) in [4.78, 5) is 10.7. The molecule has 0 amide bonds. The molecule has 0 saturated heterocycles. The molecular weight excluding hydrogens is 274 g/mol. The molecule has 0 aromatic rings. The molecule has 1 N–H and O–H groups in total. The normalized spacial score (nSPS) is 11.3. The third kappa shape index (κ3) is 7.28. The molecule has 0 aliphatic rings. The second-order valence-corrected chi connectivity index (χ2v) is 5.30. The number of nitrogens with one attached hydrogen (secondary N) is 1. The van der Waals surface area contributed by atoms with Gasteiger partial charge in [-0.2, -0.15) is 0 Å². The molecule has 0 rings (SSSR count). The second kappa shape index (κ2) is 7.19. The lowest BCUT2D eigenvalue weighted by molar-refractivity contribution is -0.140. The van der Waals surface area contributed by atoms with Gasteiger partial charge in [-0.05, 0) is 6.42 Å². The summed E-state index contributed by atoms with van der Waals surface area (Å²) in [6.45, 7) is 0.384. The van der Waals surface area contributed by atoms with Crippen molar-refractivity contribution in [2.75, 3.05) is 24.7 Å². The predicted octanol–water partition coefficient (Wildman–Crippen LogP) is 0.254. The molecule has 0 heterocycles. The van der Waals surface area contributed by atoms with Gasteiger partial charge >= 0.3 is 5.97 Å². The van der Waals surface area contributed by atoms with E-state index >= 15 is 0 Å². The first kappa shape index (κ1) is 13.9. The molecule has 0 atom stereocenters. The van der Waals surface area contributed by atoms with Crippen molar-refractivity contribution in [3.05, 3.63) is 0 Å². The summed E-state index contributed by atoms with van der Waals surface area (Å²) in [5, 5.41) is 0.743. The number of hydrogen-bond acceptors (Lipinski definition) is 4. The zero-order valence-electron chi connectivity index (χ0n) is 7.95. The Morgan fingerprint density at radius 2 is 2.14 bits per heavy atom. The SMILES string of the molecule is COC(=O)CCS(=O)(=O)NCCCBr. The standard InChI is InChI=1S/C7H14BrNO4S/c1-13-7(10)3-6-14(11,12)9-5-2-4-8/h9H,2-6H2,1H3. The van der Waals surface area contributed by atoms with Gasteiger partial charge in [0, 0.05) is 11.9 Å². The number of carbonyl (C=O) groups is 1. The fourth-order valence-corrected chi connectivity index (χ4v) is 2.00. The zero-order chi connectivity index (χ0) is 11.0. The van der Waals surface area contributed by atoms with Crippen LogP contribution in [0.5, 0.6) is 0 Å². The van der Waals surface area contributed by atoms with Crippen molar-refractivity contribution in [2.45, 2.75) is 12.8 Å². The first-order valence-electron chi connectivity index (χ1n) is 4.12. The minimum atomic E-state index is -3.33. The molecule has 0 unspecified atom stereocenters. The molecule has 5 nitrogen and oxygen atoms in total. The fourth-order valence-electron chi connectivity index (χ4n) is 0.686. The molecule has 0 aromatic heterocycles. The van der Waals surface area contributed by atoms with Gasteiger partial charge in [0.2, 0.25) is 10.0 Å². The number of carbonyl (C=O) groups excluding carboxylic acids is 1. The summed E-state index contributed by atoms with van der Waals surface area (Å²) in [6, 6.07) is 0. The van der Waals surface area contributed by atoms with Crippen LogP contribution in [0.15, 0.2) is 0 Å². The van der Waals surface area contributed by atoms with E-state index in [0.717, 1.165) is 11.8 Å². The third-order valence-electron chi connectivity index (χ3n) is 1.43. The average molecular weight is 288 g/mol. The van der Waals surface area contributed by atoms with Crippen LogP contribution in [-0.4, -0.2) is 39.1 Å². The zero-order valence-corrected chi connectivity index (χ0v) is 10.4. The van der Waals surface area contributed by atoms with Crippen molar-refractivity contribution >= 4 is 31.9 Å². The van der Waals surface area contributed by atoms with E-state index in [-0.39, 0.29) is 12.2 Å². The predicted molar refractivity (Wildman–Crippen MR) is 56.8 cm³/mol. The van der Waals surface area contributed by atoms with Crippen molar-refractivity contribution in [3.63, 3.8) is 0 Å². The number of sulfonamides is 1. The molecule has 84 valence electrons. The molecule has 14 heavy (non-hydrogen) atoms. The van der Waals surface area contributed by atoms with Crippen LogP contribution in [0.25, 0.3) is 0 Å². The summed E-state index contributed by atoms with van der Waals surface area (Å²) in [7, 11) is -2.10. The quantitative estimate of drug-likeness (QED) is 0.414. The van der Waals surface area contributed by atoms with Gasteiger partial charge in [-0.25, -0.2) is 13.1 Å². The van der Waals surface area contributed by atoms with Gasteiger partial charge in [-0.3, -0.25) is 4.79 Å². The Morgan fingerprint density at radius 3 is 2.64 bits per heavy atom. The Kier molecular flexibility index (Phi) is 7.12. The Morgan fingerprint density at radius 1 is 1.50 bits per heavy atom. The van der Waals surface area contributed by atoms with Crippen molar-refractivity contribution in [3.8, 4) is 0 Å². The van der Waals surface area contributed by atoms with E-state index in [1.165, 1.54) is 7.11 Å². The minimum Gasteiger partial charge on any atom is -0.469 e. The van der Waals surface area contributed by atoms with Gasteiger partial charge in [-0.1, -0.05) is 15.9 Å². The van der Waals surface area contributed by atoms with Crippen LogP contribution in [0.4, 0.5) is 0 Å². The van der Waals surface area contributed by atoms with Crippen LogP contribution in [0.1, 0.15) is 12.8 Å². The number of ether oxygens (including phenoxy) is 1. The molecule has 0 aliphatic carbocycles. The lowest BCUT2D eigenvalue weighted by Gasteiger charge is -2.04. The van der Waals surface area contributed by atoms with Gasteiger partial charge in [0.1, 0.15) is 0 Å². The van der Waals surface area contributed by atoms with Crippen molar-refractivity contribution in [1.82, 2.24) is 4.72 Å². The number of esters is 1. The summed E-state index contributed by atoms with van der Waals surface area (Å²) in [5.74, 6) is -0.738. The molecular formula is C7H14BrNO4S. The van der Waals surface area contributed by atoms with Crippen LogP contribution in [-0.2, 0) is 19.6 Å². The molecule has 0 aliphatic heterocycles. The summed E-state index contributed by atoms with van der Waals surface area (Å²) < 4.78 is 29.1. The number of alkyl halides is 1. The smallest absolute Gasteiger partial charge is 0.306 e. The molecule has 0 saturated carbocycles. The molecule has 0 aromatic carbocycles. The van der Waals surface area contributed by atoms with Crippen LogP contribution in [0, 0.1) is 0 Å². The molecule has 0 bridgehead atoms. The van der Waals surface area contributed by atoms with Crippen LogP contribution in [0.3, 0.4) is 0 Å². The summed E-state index contributed by atoms with van der Waals surface area (Å²) in [6.07, 6.45) is 0.609. The maximum absolute atomic E-state index is 11.2. The lowest BCUT2D eigenvalue weighted by atomic mass is 10.5. The van der Waals surface area contributed by atoms with Gasteiger partial charge in [0.25, 0.3) is 0 Å².